The lowest BCUT2D eigenvalue weighted by Gasteiger charge is -2.28. The van der Waals surface area contributed by atoms with Crippen LogP contribution < -0.4 is 14.8 Å². The third kappa shape index (κ3) is 3.22. The molecule has 1 saturated heterocycles. The molecule has 0 unspecified atom stereocenters. The van der Waals surface area contributed by atoms with Crippen LogP contribution >= 0.6 is 0 Å². The van der Waals surface area contributed by atoms with Gasteiger partial charge in [-0.25, -0.2) is 0 Å². The number of aromatic nitrogens is 1. The van der Waals surface area contributed by atoms with Crippen LogP contribution in [0.15, 0.2) is 36.5 Å². The second-order valence-electron chi connectivity index (χ2n) is 6.58. The quantitative estimate of drug-likeness (QED) is 0.907. The first-order valence-corrected chi connectivity index (χ1v) is 8.75. The molecule has 6 heteroatoms. The van der Waals surface area contributed by atoms with Crippen molar-refractivity contribution in [2.45, 2.75) is 18.9 Å². The maximum atomic E-state index is 12.6. The number of ether oxygens (including phenoxy) is 2. The number of fused-ring (bicyclic) bond motifs is 1. The van der Waals surface area contributed by atoms with Gasteiger partial charge in [-0.15, -0.1) is 0 Å². The Morgan fingerprint density at radius 2 is 2.00 bits per heavy atom. The molecule has 1 aromatic carbocycles. The predicted molar refractivity (Wildman–Crippen MR) is 93.9 cm³/mol. The van der Waals surface area contributed by atoms with Gasteiger partial charge in [0.1, 0.15) is 0 Å². The van der Waals surface area contributed by atoms with Crippen molar-refractivity contribution < 1.29 is 14.3 Å². The smallest absolute Gasteiger partial charge is 0.251 e. The summed E-state index contributed by atoms with van der Waals surface area (Å²) in [6, 6.07) is 9.68. The highest BCUT2D eigenvalue weighted by Crippen LogP contribution is 2.32. The molecular weight excluding hydrogens is 318 g/mol. The summed E-state index contributed by atoms with van der Waals surface area (Å²) < 4.78 is 12.8. The molecule has 2 aliphatic rings. The minimum absolute atomic E-state index is 0.0864. The van der Waals surface area contributed by atoms with E-state index in [2.05, 4.69) is 40.2 Å². The molecule has 0 aliphatic carbocycles. The van der Waals surface area contributed by atoms with Gasteiger partial charge in [0.25, 0.3) is 5.91 Å². The number of likely N-dealkylation sites (tertiary alicyclic amines) is 1. The Hall–Kier alpha value is -2.47. The van der Waals surface area contributed by atoms with Crippen LogP contribution in [0, 0.1) is 0 Å². The maximum absolute atomic E-state index is 12.6. The lowest BCUT2D eigenvalue weighted by atomic mass is 10.1. The molecule has 0 spiro atoms. The first-order chi connectivity index (χ1) is 12.2. The lowest BCUT2D eigenvalue weighted by molar-refractivity contribution is 0.0936. The summed E-state index contributed by atoms with van der Waals surface area (Å²) in [6.45, 7) is 2.96. The Morgan fingerprint density at radius 1 is 1.20 bits per heavy atom. The van der Waals surface area contributed by atoms with Crippen molar-refractivity contribution in [3.05, 3.63) is 47.8 Å². The molecule has 6 nitrogen and oxygen atoms in total. The zero-order valence-corrected chi connectivity index (χ0v) is 14.4. The van der Waals surface area contributed by atoms with Crippen LogP contribution in [0.25, 0.3) is 0 Å². The van der Waals surface area contributed by atoms with Crippen molar-refractivity contribution in [3.63, 3.8) is 0 Å². The predicted octanol–water partition coefficient (Wildman–Crippen LogP) is 2.32. The molecule has 2 aromatic rings. The third-order valence-electron chi connectivity index (χ3n) is 5.00. The third-order valence-corrected chi connectivity index (χ3v) is 5.00. The largest absolute Gasteiger partial charge is 0.454 e. The summed E-state index contributed by atoms with van der Waals surface area (Å²) >= 11 is 0. The molecule has 0 bridgehead atoms. The molecule has 4 rings (SSSR count). The first kappa shape index (κ1) is 16.0. The molecule has 132 valence electrons. The minimum atomic E-state index is -0.0864. The van der Waals surface area contributed by atoms with E-state index in [0.717, 1.165) is 13.1 Å². The molecule has 0 saturated carbocycles. The highest BCUT2D eigenvalue weighted by molar-refractivity contribution is 5.94. The van der Waals surface area contributed by atoms with Gasteiger partial charge >= 0.3 is 0 Å². The summed E-state index contributed by atoms with van der Waals surface area (Å²) in [7, 11) is 2.05. The van der Waals surface area contributed by atoms with E-state index in [0.29, 0.717) is 23.6 Å². The number of amides is 1. The van der Waals surface area contributed by atoms with E-state index in [4.69, 9.17) is 9.47 Å². The fraction of sp³-hybridized carbons (Fsp3) is 0.421. The highest BCUT2D eigenvalue weighted by Gasteiger charge is 2.26. The fourth-order valence-corrected chi connectivity index (χ4v) is 3.62. The van der Waals surface area contributed by atoms with Gasteiger partial charge in [0.2, 0.25) is 6.79 Å². The summed E-state index contributed by atoms with van der Waals surface area (Å²) in [5.41, 5.74) is 1.82. The molecule has 1 fully saturated rings. The molecule has 1 N–H and O–H groups in total. The number of hydrogen-bond acceptors (Lipinski definition) is 4. The Labute approximate surface area is 147 Å². The summed E-state index contributed by atoms with van der Waals surface area (Å²) in [5.74, 6) is 1.23. The Bertz CT molecular complexity index is 765. The van der Waals surface area contributed by atoms with Crippen LogP contribution in [0.2, 0.25) is 0 Å². The molecule has 2 aliphatic heterocycles. The number of nitrogens with zero attached hydrogens (tertiary/aromatic N) is 2. The highest BCUT2D eigenvalue weighted by atomic mass is 16.7. The van der Waals surface area contributed by atoms with Crippen LogP contribution in [0.1, 0.15) is 34.9 Å². The van der Waals surface area contributed by atoms with Crippen molar-refractivity contribution in [2.75, 3.05) is 26.4 Å². The molecule has 3 heterocycles. The van der Waals surface area contributed by atoms with E-state index < -0.39 is 0 Å². The first-order valence-electron chi connectivity index (χ1n) is 8.75. The van der Waals surface area contributed by atoms with E-state index in [1.807, 2.05) is 0 Å². The van der Waals surface area contributed by atoms with E-state index in [1.54, 1.807) is 18.2 Å². The summed E-state index contributed by atoms with van der Waals surface area (Å²) in [5, 5.41) is 3.09. The van der Waals surface area contributed by atoms with Gasteiger partial charge in [-0.05, 0) is 56.3 Å². The molecule has 0 radical (unpaired) electrons. The Morgan fingerprint density at radius 3 is 2.76 bits per heavy atom. The SMILES string of the molecule is Cn1cccc1[C@H](CNC(=O)c1ccc2c(c1)OCO2)N1CCCC1. The molecule has 25 heavy (non-hydrogen) atoms. The van der Waals surface area contributed by atoms with Gasteiger partial charge in [-0.3, -0.25) is 9.69 Å². The van der Waals surface area contributed by atoms with Crippen molar-refractivity contribution in [2.24, 2.45) is 7.05 Å². The van der Waals surface area contributed by atoms with Gasteiger partial charge in [0.05, 0.1) is 6.04 Å². The van der Waals surface area contributed by atoms with Crippen LogP contribution in [0.3, 0.4) is 0 Å². The van der Waals surface area contributed by atoms with Crippen LogP contribution in [0.5, 0.6) is 11.5 Å². The summed E-state index contributed by atoms with van der Waals surface area (Å²) in [6.07, 6.45) is 4.49. The zero-order valence-electron chi connectivity index (χ0n) is 14.4. The molecule has 1 amide bonds. The van der Waals surface area contributed by atoms with E-state index >= 15 is 0 Å². The average Bonchev–Trinajstić information content (AvgIpc) is 3.36. The van der Waals surface area contributed by atoms with E-state index in [-0.39, 0.29) is 18.7 Å². The van der Waals surface area contributed by atoms with Crippen LogP contribution in [0.4, 0.5) is 0 Å². The number of aryl methyl sites for hydroxylation is 1. The van der Waals surface area contributed by atoms with Crippen molar-refractivity contribution in [3.8, 4) is 11.5 Å². The Balaban J connectivity index is 1.47. The van der Waals surface area contributed by atoms with E-state index in [9.17, 15) is 4.79 Å². The normalized spacial score (nSPS) is 17.6. The fourth-order valence-electron chi connectivity index (χ4n) is 3.62. The van der Waals surface area contributed by atoms with Crippen LogP contribution in [-0.4, -0.2) is 41.8 Å². The number of benzene rings is 1. The van der Waals surface area contributed by atoms with Gasteiger partial charge in [0.15, 0.2) is 11.5 Å². The van der Waals surface area contributed by atoms with Crippen LogP contribution in [-0.2, 0) is 7.05 Å². The Kier molecular flexibility index (Phi) is 4.36. The molecular formula is C19H23N3O3. The second-order valence-corrected chi connectivity index (χ2v) is 6.58. The van der Waals surface area contributed by atoms with Crippen molar-refractivity contribution >= 4 is 5.91 Å². The summed E-state index contributed by atoms with van der Waals surface area (Å²) in [4.78, 5) is 15.0. The van der Waals surface area contributed by atoms with Gasteiger partial charge < -0.3 is 19.4 Å². The average molecular weight is 341 g/mol. The monoisotopic (exact) mass is 341 g/mol. The van der Waals surface area contributed by atoms with Crippen molar-refractivity contribution in [1.29, 1.82) is 0 Å². The number of carbonyl (C=O) groups excluding carboxylic acids is 1. The number of rotatable bonds is 5. The van der Waals surface area contributed by atoms with Crippen molar-refractivity contribution in [1.82, 2.24) is 14.8 Å². The van der Waals surface area contributed by atoms with Gasteiger partial charge in [0, 0.05) is 31.0 Å². The maximum Gasteiger partial charge on any atom is 0.251 e. The van der Waals surface area contributed by atoms with Gasteiger partial charge in [-0.1, -0.05) is 0 Å². The molecule has 1 atom stereocenters. The standard InChI is InChI=1S/C19H23N3O3/c1-21-8-4-5-15(21)16(22-9-2-3-10-22)12-20-19(23)14-6-7-17-18(11-14)25-13-24-17/h4-8,11,16H,2-3,9-10,12-13H2,1H3,(H,20,23)/t16-/m0/s1. The van der Waals surface area contributed by atoms with E-state index in [1.165, 1.54) is 18.5 Å². The molecule has 1 aromatic heterocycles. The number of hydrogen-bond donors (Lipinski definition) is 1. The lowest BCUT2D eigenvalue weighted by Crippen LogP contribution is -2.37. The van der Waals surface area contributed by atoms with Gasteiger partial charge in [-0.2, -0.15) is 0 Å². The number of nitrogens with one attached hydrogen (secondary N) is 1. The minimum Gasteiger partial charge on any atom is -0.454 e. The zero-order chi connectivity index (χ0) is 17.2. The topological polar surface area (TPSA) is 55.7 Å². The second kappa shape index (κ2) is 6.80. The number of carbonyl (C=O) groups is 1.